The van der Waals surface area contributed by atoms with Crippen molar-refractivity contribution in [3.05, 3.63) is 35.7 Å². The first-order chi connectivity index (χ1) is 11.7. The Hall–Kier alpha value is -2.29. The van der Waals surface area contributed by atoms with Gasteiger partial charge in [0, 0.05) is 24.7 Å². The van der Waals surface area contributed by atoms with Gasteiger partial charge < -0.3 is 4.57 Å². The Labute approximate surface area is 144 Å². The Kier molecular flexibility index (Phi) is 4.36. The van der Waals surface area contributed by atoms with Crippen LogP contribution in [0.1, 0.15) is 18.2 Å². The van der Waals surface area contributed by atoms with E-state index in [-0.39, 0.29) is 5.52 Å². The smallest absolute Gasteiger partial charge is 0.310 e. The highest BCUT2D eigenvalue weighted by atomic mass is 32.2. The van der Waals surface area contributed by atoms with Gasteiger partial charge in [-0.2, -0.15) is 13.2 Å². The fraction of sp³-hybridized carbons (Fsp3) is 0.312. The van der Waals surface area contributed by atoms with E-state index in [1.807, 2.05) is 0 Å². The molecule has 5 nitrogen and oxygen atoms in total. The van der Waals surface area contributed by atoms with Gasteiger partial charge in [0.25, 0.3) is 0 Å². The zero-order valence-corrected chi connectivity index (χ0v) is 14.6. The summed E-state index contributed by atoms with van der Waals surface area (Å²) in [6.45, 7) is 3.57. The minimum absolute atomic E-state index is 0.115. The average molecular weight is 368 g/mol. The Morgan fingerprint density at radius 3 is 2.60 bits per heavy atom. The van der Waals surface area contributed by atoms with Gasteiger partial charge in [0.1, 0.15) is 11.2 Å². The first-order valence-corrected chi connectivity index (χ1v) is 8.80. The molecule has 0 aromatic carbocycles. The Morgan fingerprint density at radius 1 is 1.24 bits per heavy atom. The number of hydrogen-bond donors (Lipinski definition) is 0. The predicted molar refractivity (Wildman–Crippen MR) is 88.4 cm³/mol. The fourth-order valence-electron chi connectivity index (χ4n) is 2.49. The summed E-state index contributed by atoms with van der Waals surface area (Å²) in [7, 11) is 0.371. The molecule has 0 aliphatic heterocycles. The third kappa shape index (κ3) is 3.15. The number of nitrogens with zero attached hydrogens (tertiary/aromatic N) is 4. The molecule has 0 aliphatic rings. The molecule has 0 N–H and O–H groups in total. The van der Waals surface area contributed by atoms with Crippen LogP contribution in [0.3, 0.4) is 0 Å². The highest BCUT2D eigenvalue weighted by Crippen LogP contribution is 2.32. The molecule has 0 radical (unpaired) electrons. The van der Waals surface area contributed by atoms with Crippen LogP contribution in [0.25, 0.3) is 22.7 Å². The number of hydrogen-bond acceptors (Lipinski definition) is 4. The largest absolute Gasteiger partial charge is 0.417 e. The van der Waals surface area contributed by atoms with E-state index in [2.05, 4.69) is 15.0 Å². The van der Waals surface area contributed by atoms with E-state index in [9.17, 15) is 17.4 Å². The third-order valence-electron chi connectivity index (χ3n) is 3.75. The number of alkyl halides is 3. The molecule has 3 aromatic heterocycles. The second-order valence-electron chi connectivity index (χ2n) is 5.49. The summed E-state index contributed by atoms with van der Waals surface area (Å²) in [5.41, 5.74) is 0.652. The molecule has 132 valence electrons. The molecule has 3 heterocycles. The van der Waals surface area contributed by atoms with Crippen LogP contribution in [0.2, 0.25) is 0 Å². The molecule has 0 saturated heterocycles. The van der Waals surface area contributed by atoms with E-state index < -0.39 is 22.5 Å². The van der Waals surface area contributed by atoms with Gasteiger partial charge in [-0.05, 0) is 25.1 Å². The predicted octanol–water partition coefficient (Wildman–Crippen LogP) is 3.49. The van der Waals surface area contributed by atoms with E-state index in [4.69, 9.17) is 0 Å². The first kappa shape index (κ1) is 17.5. The first-order valence-electron chi connectivity index (χ1n) is 7.48. The second kappa shape index (κ2) is 6.21. The lowest BCUT2D eigenvalue weighted by Crippen LogP contribution is -2.05. The van der Waals surface area contributed by atoms with Gasteiger partial charge in [-0.25, -0.2) is 15.0 Å². The summed E-state index contributed by atoms with van der Waals surface area (Å²) in [4.78, 5) is 13.1. The van der Waals surface area contributed by atoms with Crippen molar-refractivity contribution < 1.29 is 17.4 Å². The van der Waals surface area contributed by atoms with Crippen molar-refractivity contribution in [2.75, 3.05) is 5.75 Å². The maximum atomic E-state index is 12.9. The van der Waals surface area contributed by atoms with E-state index >= 15 is 0 Å². The number of imidazole rings is 1. The summed E-state index contributed by atoms with van der Waals surface area (Å²) in [5, 5.41) is 0. The molecular weight excluding hydrogens is 353 g/mol. The van der Waals surface area contributed by atoms with E-state index in [1.54, 1.807) is 37.6 Å². The number of aryl methyl sites for hydroxylation is 2. The van der Waals surface area contributed by atoms with E-state index in [0.29, 0.717) is 33.5 Å². The zero-order chi connectivity index (χ0) is 18.4. The average Bonchev–Trinajstić information content (AvgIpc) is 2.89. The molecule has 0 fully saturated rings. The van der Waals surface area contributed by atoms with Gasteiger partial charge >= 0.3 is 6.18 Å². The number of halogens is 3. The molecular formula is C16H15F3N4OS. The number of pyridine rings is 2. The van der Waals surface area contributed by atoms with Gasteiger partial charge in [0.15, 0.2) is 11.5 Å². The van der Waals surface area contributed by atoms with Gasteiger partial charge in [-0.3, -0.25) is 4.21 Å². The van der Waals surface area contributed by atoms with Crippen molar-refractivity contribution in [1.82, 2.24) is 19.5 Å². The van der Waals surface area contributed by atoms with Crippen molar-refractivity contribution in [3.8, 4) is 11.5 Å². The van der Waals surface area contributed by atoms with Crippen LogP contribution in [-0.4, -0.2) is 29.5 Å². The topological polar surface area (TPSA) is 60.7 Å². The monoisotopic (exact) mass is 368 g/mol. The number of aromatic nitrogens is 4. The standard InChI is InChI=1S/C16H15F3N4OS/c1-4-25(24)12-6-5-9(2)21-13(12)15-22-11-7-10(16(17,18)19)8-20-14(11)23(15)3/h5-8H,4H2,1-3H3. The summed E-state index contributed by atoms with van der Waals surface area (Å²) in [5.74, 6) is 0.736. The number of rotatable bonds is 3. The van der Waals surface area contributed by atoms with Crippen LogP contribution in [0.15, 0.2) is 29.3 Å². The summed E-state index contributed by atoms with van der Waals surface area (Å²) >= 11 is 0. The molecule has 3 rings (SSSR count). The molecule has 1 unspecified atom stereocenters. The molecule has 0 aliphatic carbocycles. The minimum atomic E-state index is -4.49. The van der Waals surface area contributed by atoms with Crippen molar-refractivity contribution in [2.45, 2.75) is 24.9 Å². The van der Waals surface area contributed by atoms with Crippen LogP contribution in [0, 0.1) is 6.92 Å². The summed E-state index contributed by atoms with van der Waals surface area (Å²) in [6.07, 6.45) is -3.71. The Bertz CT molecular complexity index is 981. The van der Waals surface area contributed by atoms with Gasteiger partial charge in [-0.1, -0.05) is 6.92 Å². The highest BCUT2D eigenvalue weighted by molar-refractivity contribution is 7.85. The highest BCUT2D eigenvalue weighted by Gasteiger charge is 2.32. The van der Waals surface area contributed by atoms with Crippen LogP contribution in [0.5, 0.6) is 0 Å². The molecule has 0 amide bonds. The molecule has 9 heteroatoms. The maximum absolute atomic E-state index is 12.9. The zero-order valence-electron chi connectivity index (χ0n) is 13.8. The molecule has 0 bridgehead atoms. The molecule has 25 heavy (non-hydrogen) atoms. The van der Waals surface area contributed by atoms with Gasteiger partial charge in [0.2, 0.25) is 0 Å². The van der Waals surface area contributed by atoms with Crippen LogP contribution in [0.4, 0.5) is 13.2 Å². The minimum Gasteiger partial charge on any atom is -0.310 e. The number of fused-ring (bicyclic) bond motifs is 1. The van der Waals surface area contributed by atoms with Crippen molar-refractivity contribution in [3.63, 3.8) is 0 Å². The van der Waals surface area contributed by atoms with E-state index in [1.165, 1.54) is 0 Å². The summed E-state index contributed by atoms with van der Waals surface area (Å²) < 4.78 is 52.5. The SMILES string of the molecule is CCS(=O)c1ccc(C)nc1-c1nc2cc(C(F)(F)F)cnc2n1C. The fourth-order valence-corrected chi connectivity index (χ4v) is 3.37. The quantitative estimate of drug-likeness (QED) is 0.710. The molecule has 0 saturated carbocycles. The van der Waals surface area contributed by atoms with Crippen LogP contribution >= 0.6 is 0 Å². The maximum Gasteiger partial charge on any atom is 0.417 e. The lowest BCUT2D eigenvalue weighted by atomic mass is 10.2. The normalized spacial score (nSPS) is 13.4. The van der Waals surface area contributed by atoms with Crippen LogP contribution < -0.4 is 0 Å². The molecule has 0 spiro atoms. The van der Waals surface area contributed by atoms with Gasteiger partial charge in [-0.15, -0.1) is 0 Å². The molecule has 1 atom stereocenters. The molecule has 3 aromatic rings. The lowest BCUT2D eigenvalue weighted by molar-refractivity contribution is -0.137. The van der Waals surface area contributed by atoms with Crippen molar-refractivity contribution in [2.24, 2.45) is 7.05 Å². The summed E-state index contributed by atoms with van der Waals surface area (Å²) in [6, 6.07) is 4.42. The Balaban J connectivity index is 2.25. The van der Waals surface area contributed by atoms with Crippen molar-refractivity contribution >= 4 is 22.0 Å². The van der Waals surface area contributed by atoms with Crippen LogP contribution in [-0.2, 0) is 24.0 Å². The lowest BCUT2D eigenvalue weighted by Gasteiger charge is -2.08. The van der Waals surface area contributed by atoms with E-state index in [0.717, 1.165) is 12.3 Å². The third-order valence-corrected chi connectivity index (χ3v) is 5.10. The van der Waals surface area contributed by atoms with Crippen molar-refractivity contribution in [1.29, 1.82) is 0 Å². The van der Waals surface area contributed by atoms with Gasteiger partial charge in [0.05, 0.1) is 21.3 Å². The Morgan fingerprint density at radius 2 is 1.96 bits per heavy atom. The second-order valence-corrected chi connectivity index (χ2v) is 7.20.